The van der Waals surface area contributed by atoms with Gasteiger partial charge in [-0.2, -0.15) is 0 Å². The van der Waals surface area contributed by atoms with E-state index in [9.17, 15) is 9.59 Å². The molecule has 0 aromatic rings. The van der Waals surface area contributed by atoms with Gasteiger partial charge in [0.15, 0.2) is 5.17 Å². The summed E-state index contributed by atoms with van der Waals surface area (Å²) in [6, 6.07) is -0.199. The van der Waals surface area contributed by atoms with E-state index in [1.807, 2.05) is 6.92 Å². The van der Waals surface area contributed by atoms with E-state index >= 15 is 0 Å². The first-order chi connectivity index (χ1) is 10.5. The molecule has 0 saturated carbocycles. The predicted octanol–water partition coefficient (Wildman–Crippen LogP) is 0.704. The van der Waals surface area contributed by atoms with Crippen LogP contribution in [0.2, 0.25) is 0 Å². The molecule has 6 nitrogen and oxygen atoms in total. The summed E-state index contributed by atoms with van der Waals surface area (Å²) in [4.78, 5) is 31.7. The third-order valence-electron chi connectivity index (χ3n) is 3.98. The Bertz CT molecular complexity index is 504. The zero-order valence-corrected chi connectivity index (χ0v) is 14.3. The van der Waals surface area contributed by atoms with Crippen LogP contribution in [0.1, 0.15) is 20.3 Å². The summed E-state index contributed by atoms with van der Waals surface area (Å²) >= 11 is 1.59. The SMILES string of the molecule is CC(=O)N(C)CC1=CCCN(C(C)C(=O)NC2=NCCS2)C1. The molecule has 0 fully saturated rings. The second-order valence-corrected chi connectivity index (χ2v) is 6.78. The Balaban J connectivity index is 1.88. The fourth-order valence-corrected chi connectivity index (χ4v) is 3.22. The van der Waals surface area contributed by atoms with Gasteiger partial charge in [0.05, 0.1) is 12.6 Å². The molecule has 2 aliphatic rings. The maximum absolute atomic E-state index is 12.3. The molecule has 0 bridgehead atoms. The summed E-state index contributed by atoms with van der Waals surface area (Å²) < 4.78 is 0. The first kappa shape index (κ1) is 17.0. The number of carbonyl (C=O) groups is 2. The second-order valence-electron chi connectivity index (χ2n) is 5.70. The number of amides is 2. The van der Waals surface area contributed by atoms with Gasteiger partial charge in [0, 0.05) is 39.4 Å². The normalized spacial score (nSPS) is 20.1. The van der Waals surface area contributed by atoms with Crippen molar-refractivity contribution in [1.82, 2.24) is 15.1 Å². The van der Waals surface area contributed by atoms with Crippen molar-refractivity contribution in [2.24, 2.45) is 4.99 Å². The van der Waals surface area contributed by atoms with Crippen LogP contribution in [0.25, 0.3) is 0 Å². The number of rotatable bonds is 4. The summed E-state index contributed by atoms with van der Waals surface area (Å²) in [5.74, 6) is 0.993. The van der Waals surface area contributed by atoms with Crippen LogP contribution in [0.15, 0.2) is 16.6 Å². The van der Waals surface area contributed by atoms with Crippen LogP contribution in [-0.4, -0.2) is 71.8 Å². The zero-order chi connectivity index (χ0) is 16.1. The van der Waals surface area contributed by atoms with Gasteiger partial charge in [-0.05, 0) is 18.9 Å². The standard InChI is InChI=1S/C15H24N4O2S/c1-11(14(21)17-15-16-6-8-22-15)19-7-4-5-13(10-19)9-18(3)12(2)20/h5,11H,4,6-10H2,1-3H3,(H,16,17,21). The molecule has 0 saturated heterocycles. The quantitative estimate of drug-likeness (QED) is 0.773. The van der Waals surface area contributed by atoms with Crippen molar-refractivity contribution in [3.05, 3.63) is 11.6 Å². The molecule has 22 heavy (non-hydrogen) atoms. The first-order valence-electron chi connectivity index (χ1n) is 7.59. The van der Waals surface area contributed by atoms with E-state index < -0.39 is 0 Å². The minimum absolute atomic E-state index is 0.00526. The van der Waals surface area contributed by atoms with Crippen LogP contribution >= 0.6 is 11.8 Å². The number of thioether (sulfide) groups is 1. The highest BCUT2D eigenvalue weighted by Gasteiger charge is 2.25. The van der Waals surface area contributed by atoms with Crippen molar-refractivity contribution in [3.63, 3.8) is 0 Å². The molecule has 1 unspecified atom stereocenters. The van der Waals surface area contributed by atoms with Gasteiger partial charge < -0.3 is 10.2 Å². The summed E-state index contributed by atoms with van der Waals surface area (Å²) in [6.07, 6.45) is 3.09. The molecule has 0 aromatic carbocycles. The summed E-state index contributed by atoms with van der Waals surface area (Å²) in [5.41, 5.74) is 1.19. The molecule has 7 heteroatoms. The Hall–Kier alpha value is -1.34. The van der Waals surface area contributed by atoms with Gasteiger partial charge in [-0.15, -0.1) is 0 Å². The highest BCUT2D eigenvalue weighted by atomic mass is 32.2. The molecular formula is C15H24N4O2S. The highest BCUT2D eigenvalue weighted by Crippen LogP contribution is 2.15. The molecule has 0 spiro atoms. The molecule has 0 radical (unpaired) electrons. The zero-order valence-electron chi connectivity index (χ0n) is 13.5. The van der Waals surface area contributed by atoms with Crippen LogP contribution in [0.5, 0.6) is 0 Å². The lowest BCUT2D eigenvalue weighted by Crippen LogP contribution is -2.48. The van der Waals surface area contributed by atoms with Crippen LogP contribution in [-0.2, 0) is 9.59 Å². The van der Waals surface area contributed by atoms with E-state index in [2.05, 4.69) is 21.3 Å². The Morgan fingerprint density at radius 3 is 2.95 bits per heavy atom. The molecule has 1 N–H and O–H groups in total. The molecule has 2 aliphatic heterocycles. The number of likely N-dealkylation sites (N-methyl/N-ethyl adjacent to an activating group) is 1. The third-order valence-corrected chi connectivity index (χ3v) is 4.87. The Kier molecular flexibility index (Phi) is 6.02. The van der Waals surface area contributed by atoms with Gasteiger partial charge in [0.2, 0.25) is 11.8 Å². The maximum Gasteiger partial charge on any atom is 0.242 e. The second kappa shape index (κ2) is 7.78. The average molecular weight is 324 g/mol. The summed E-state index contributed by atoms with van der Waals surface area (Å²) in [7, 11) is 1.80. The van der Waals surface area contributed by atoms with Crippen molar-refractivity contribution in [2.45, 2.75) is 26.3 Å². The molecule has 2 heterocycles. The average Bonchev–Trinajstić information content (AvgIpc) is 2.99. The molecule has 2 rings (SSSR count). The number of hydrogen-bond acceptors (Lipinski definition) is 5. The molecule has 1 atom stereocenters. The molecule has 2 amide bonds. The van der Waals surface area contributed by atoms with Crippen molar-refractivity contribution in [3.8, 4) is 0 Å². The van der Waals surface area contributed by atoms with Gasteiger partial charge >= 0.3 is 0 Å². The number of nitrogens with one attached hydrogen (secondary N) is 1. The molecular weight excluding hydrogens is 300 g/mol. The monoisotopic (exact) mass is 324 g/mol. The maximum atomic E-state index is 12.3. The lowest BCUT2D eigenvalue weighted by molar-refractivity contribution is -0.127. The minimum Gasteiger partial charge on any atom is -0.342 e. The number of carbonyl (C=O) groups excluding carboxylic acids is 2. The largest absolute Gasteiger partial charge is 0.342 e. The molecule has 0 aromatic heterocycles. The van der Waals surface area contributed by atoms with E-state index in [0.717, 1.165) is 37.0 Å². The van der Waals surface area contributed by atoms with Crippen molar-refractivity contribution in [2.75, 3.05) is 39.0 Å². The van der Waals surface area contributed by atoms with E-state index in [0.29, 0.717) is 6.54 Å². The van der Waals surface area contributed by atoms with Crippen LogP contribution in [0.3, 0.4) is 0 Å². The van der Waals surface area contributed by atoms with Gasteiger partial charge in [-0.3, -0.25) is 19.5 Å². The van der Waals surface area contributed by atoms with Crippen LogP contribution in [0.4, 0.5) is 0 Å². The fourth-order valence-electron chi connectivity index (χ4n) is 2.49. The van der Waals surface area contributed by atoms with Gasteiger partial charge in [0.25, 0.3) is 0 Å². The Labute approximate surface area is 136 Å². The van der Waals surface area contributed by atoms with E-state index in [1.165, 1.54) is 5.57 Å². The van der Waals surface area contributed by atoms with Crippen molar-refractivity contribution < 1.29 is 9.59 Å². The van der Waals surface area contributed by atoms with Gasteiger partial charge in [0.1, 0.15) is 0 Å². The summed E-state index contributed by atoms with van der Waals surface area (Å²) in [6.45, 7) is 6.49. The number of nitrogens with zero attached hydrogens (tertiary/aromatic N) is 3. The minimum atomic E-state index is -0.199. The number of hydrogen-bond donors (Lipinski definition) is 1. The smallest absolute Gasteiger partial charge is 0.242 e. The van der Waals surface area contributed by atoms with Crippen LogP contribution < -0.4 is 5.32 Å². The van der Waals surface area contributed by atoms with Crippen molar-refractivity contribution >= 4 is 28.7 Å². The van der Waals surface area contributed by atoms with E-state index in [1.54, 1.807) is 30.6 Å². The van der Waals surface area contributed by atoms with Gasteiger partial charge in [-0.25, -0.2) is 0 Å². The van der Waals surface area contributed by atoms with Gasteiger partial charge in [-0.1, -0.05) is 17.8 Å². The Morgan fingerprint density at radius 2 is 2.32 bits per heavy atom. The van der Waals surface area contributed by atoms with Crippen molar-refractivity contribution in [1.29, 1.82) is 0 Å². The van der Waals surface area contributed by atoms with E-state index in [4.69, 9.17) is 0 Å². The topological polar surface area (TPSA) is 65.0 Å². The third kappa shape index (κ3) is 4.58. The molecule has 0 aliphatic carbocycles. The van der Waals surface area contributed by atoms with E-state index in [-0.39, 0.29) is 17.9 Å². The lowest BCUT2D eigenvalue weighted by atomic mass is 10.1. The van der Waals surface area contributed by atoms with Crippen LogP contribution in [0, 0.1) is 0 Å². The predicted molar refractivity (Wildman–Crippen MR) is 89.9 cm³/mol. The molecule has 122 valence electrons. The highest BCUT2D eigenvalue weighted by molar-refractivity contribution is 8.14. The first-order valence-corrected chi connectivity index (χ1v) is 8.57. The summed E-state index contributed by atoms with van der Waals surface area (Å²) in [5, 5.41) is 3.64. The fraction of sp³-hybridized carbons (Fsp3) is 0.667. The number of amidine groups is 1. The Morgan fingerprint density at radius 1 is 1.55 bits per heavy atom. The lowest BCUT2D eigenvalue weighted by Gasteiger charge is -2.32. The number of aliphatic imine (C=N–C) groups is 1.